The third kappa shape index (κ3) is 3.83. The summed E-state index contributed by atoms with van der Waals surface area (Å²) in [5.41, 5.74) is 6.43. The van der Waals surface area contributed by atoms with E-state index in [4.69, 9.17) is 4.74 Å². The van der Waals surface area contributed by atoms with Crippen LogP contribution in [0.25, 0.3) is 16.8 Å². The fraction of sp³-hybridized carbons (Fsp3) is 0.281. The number of amides is 1. The predicted molar refractivity (Wildman–Crippen MR) is 144 cm³/mol. The predicted octanol–water partition coefficient (Wildman–Crippen LogP) is 6.25. The Morgan fingerprint density at radius 3 is 2.08 bits per heavy atom. The van der Waals surface area contributed by atoms with Crippen molar-refractivity contribution in [1.82, 2.24) is 14.7 Å². The Morgan fingerprint density at radius 1 is 0.816 bits per heavy atom. The highest BCUT2D eigenvalue weighted by Crippen LogP contribution is 2.45. The number of carbonyl (C=O) groups excluding carboxylic acids is 2. The van der Waals surface area contributed by atoms with Crippen LogP contribution in [0, 0.1) is 5.92 Å². The van der Waals surface area contributed by atoms with Crippen molar-refractivity contribution in [3.63, 3.8) is 0 Å². The number of rotatable bonds is 5. The van der Waals surface area contributed by atoms with Gasteiger partial charge in [-0.15, -0.1) is 0 Å². The summed E-state index contributed by atoms with van der Waals surface area (Å²) in [7, 11) is 0. The number of benzene rings is 3. The van der Waals surface area contributed by atoms with Gasteiger partial charge in [-0.2, -0.15) is 5.10 Å². The monoisotopic (exact) mass is 503 g/mol. The van der Waals surface area contributed by atoms with E-state index in [1.54, 1.807) is 10.9 Å². The highest BCUT2D eigenvalue weighted by atomic mass is 16.6. The summed E-state index contributed by atoms with van der Waals surface area (Å²) >= 11 is 0. The molecule has 3 heterocycles. The maximum absolute atomic E-state index is 13.4. The van der Waals surface area contributed by atoms with E-state index in [0.29, 0.717) is 25.0 Å². The Labute approximate surface area is 221 Å². The molecule has 1 amide bonds. The normalized spacial score (nSPS) is 21.7. The second-order valence-electron chi connectivity index (χ2n) is 10.6. The van der Waals surface area contributed by atoms with Crippen LogP contribution >= 0.6 is 0 Å². The van der Waals surface area contributed by atoms with Crippen LogP contribution in [-0.4, -0.2) is 45.2 Å². The highest BCUT2D eigenvalue weighted by molar-refractivity contribution is 5.97. The van der Waals surface area contributed by atoms with Crippen molar-refractivity contribution in [2.45, 2.75) is 43.7 Å². The van der Waals surface area contributed by atoms with Crippen molar-refractivity contribution >= 4 is 11.9 Å². The maximum atomic E-state index is 13.4. The van der Waals surface area contributed by atoms with Gasteiger partial charge in [-0.3, -0.25) is 4.79 Å². The number of piperidine rings is 1. The van der Waals surface area contributed by atoms with Gasteiger partial charge in [0, 0.05) is 30.1 Å². The van der Waals surface area contributed by atoms with Crippen LogP contribution < -0.4 is 0 Å². The molecule has 3 aliphatic rings. The summed E-state index contributed by atoms with van der Waals surface area (Å²) in [6.07, 6.45) is 6.42. The Kier molecular flexibility index (Phi) is 5.61. The third-order valence-corrected chi connectivity index (χ3v) is 8.54. The summed E-state index contributed by atoms with van der Waals surface area (Å²) in [5.74, 6) is 0.0686. The molecule has 0 radical (unpaired) electrons. The molecule has 3 aromatic carbocycles. The zero-order chi connectivity index (χ0) is 25.6. The van der Waals surface area contributed by atoms with Crippen molar-refractivity contribution in [2.24, 2.45) is 5.92 Å². The van der Waals surface area contributed by atoms with Gasteiger partial charge in [-0.25, -0.2) is 9.48 Å². The topological polar surface area (TPSA) is 64.4 Å². The van der Waals surface area contributed by atoms with Crippen LogP contribution in [0.3, 0.4) is 0 Å². The third-order valence-electron chi connectivity index (χ3n) is 8.54. The lowest BCUT2D eigenvalue weighted by molar-refractivity contribution is 0.0506. The lowest BCUT2D eigenvalue weighted by atomic mass is 9.85. The van der Waals surface area contributed by atoms with E-state index in [9.17, 15) is 9.59 Å². The first kappa shape index (κ1) is 23.0. The minimum absolute atomic E-state index is 0.0440. The molecule has 4 aromatic rings. The quantitative estimate of drug-likeness (QED) is 0.302. The Bertz CT molecular complexity index is 1450. The van der Waals surface area contributed by atoms with Crippen molar-refractivity contribution in [1.29, 1.82) is 0 Å². The van der Waals surface area contributed by atoms with Gasteiger partial charge in [0.15, 0.2) is 5.78 Å². The van der Waals surface area contributed by atoms with Gasteiger partial charge in [-0.05, 0) is 60.1 Å². The van der Waals surface area contributed by atoms with Gasteiger partial charge in [-0.1, -0.05) is 66.7 Å². The molecule has 7 rings (SSSR count). The van der Waals surface area contributed by atoms with E-state index in [1.165, 1.54) is 22.3 Å². The van der Waals surface area contributed by atoms with Crippen LogP contribution in [0.1, 0.15) is 53.1 Å². The second kappa shape index (κ2) is 9.28. The van der Waals surface area contributed by atoms with Crippen LogP contribution in [-0.2, 0) is 4.74 Å². The van der Waals surface area contributed by atoms with E-state index in [1.807, 2.05) is 53.6 Å². The number of hydrogen-bond acceptors (Lipinski definition) is 4. The number of fused-ring (bicyclic) bond motifs is 5. The Morgan fingerprint density at radius 2 is 1.42 bits per heavy atom. The molecule has 0 saturated carbocycles. The van der Waals surface area contributed by atoms with Gasteiger partial charge >= 0.3 is 6.09 Å². The number of aromatic nitrogens is 2. The van der Waals surface area contributed by atoms with Crippen LogP contribution in [0.5, 0.6) is 0 Å². The van der Waals surface area contributed by atoms with Crippen LogP contribution in [0.4, 0.5) is 4.79 Å². The van der Waals surface area contributed by atoms with E-state index in [0.717, 1.165) is 18.5 Å². The molecule has 2 bridgehead atoms. The van der Waals surface area contributed by atoms with E-state index < -0.39 is 0 Å². The second-order valence-corrected chi connectivity index (χ2v) is 10.6. The first-order valence-corrected chi connectivity index (χ1v) is 13.4. The average Bonchev–Trinajstić information content (AvgIpc) is 3.65. The summed E-state index contributed by atoms with van der Waals surface area (Å²) in [6, 6.07) is 26.6. The lowest BCUT2D eigenvalue weighted by Gasteiger charge is -2.37. The van der Waals surface area contributed by atoms with Crippen molar-refractivity contribution in [2.75, 3.05) is 6.61 Å². The molecule has 2 unspecified atom stereocenters. The summed E-state index contributed by atoms with van der Waals surface area (Å²) in [5, 5.41) is 4.40. The Balaban J connectivity index is 1.02. The molecule has 190 valence electrons. The molecule has 38 heavy (non-hydrogen) atoms. The van der Waals surface area contributed by atoms with E-state index >= 15 is 0 Å². The van der Waals surface area contributed by atoms with Gasteiger partial charge in [0.2, 0.25) is 0 Å². The standard InChI is InChI=1S/C32H29N3O3/c36-31(22-18-33-34(19-22)23-8-2-1-3-9-23)21-16-24-14-15-25(17-21)35(24)32(37)38-20-30-28-12-6-4-10-26(28)27-11-5-7-13-29(27)30/h1-13,18-19,21,24-25,30H,14-17,20H2. The van der Waals surface area contributed by atoms with Crippen LogP contribution in [0.2, 0.25) is 0 Å². The summed E-state index contributed by atoms with van der Waals surface area (Å²) in [4.78, 5) is 28.7. The number of Topliss-reactive ketones (excluding diaryl/α,β-unsaturated/α-hetero) is 1. The molecule has 0 N–H and O–H groups in total. The number of nitrogens with zero attached hydrogens (tertiary/aromatic N) is 3. The minimum atomic E-state index is -0.248. The Hall–Kier alpha value is -4.19. The van der Waals surface area contributed by atoms with Crippen molar-refractivity contribution < 1.29 is 14.3 Å². The first-order valence-electron chi connectivity index (χ1n) is 13.4. The molecule has 0 spiro atoms. The number of ketones is 1. The van der Waals surface area contributed by atoms with Crippen molar-refractivity contribution in [3.8, 4) is 16.8 Å². The zero-order valence-corrected chi connectivity index (χ0v) is 21.1. The smallest absolute Gasteiger partial charge is 0.410 e. The molecule has 6 heteroatoms. The van der Waals surface area contributed by atoms with Gasteiger partial charge in [0.25, 0.3) is 0 Å². The van der Waals surface area contributed by atoms with E-state index in [-0.39, 0.29) is 35.8 Å². The number of ether oxygens (including phenoxy) is 1. The number of hydrogen-bond donors (Lipinski definition) is 0. The van der Waals surface area contributed by atoms with E-state index in [2.05, 4.69) is 41.5 Å². The minimum Gasteiger partial charge on any atom is -0.448 e. The first-order chi connectivity index (χ1) is 18.7. The molecule has 2 aliphatic heterocycles. The molecule has 2 saturated heterocycles. The number of para-hydroxylation sites is 1. The largest absolute Gasteiger partial charge is 0.448 e. The fourth-order valence-electron chi connectivity index (χ4n) is 6.77. The van der Waals surface area contributed by atoms with Crippen LogP contribution in [0.15, 0.2) is 91.3 Å². The SMILES string of the molecule is O=C(c1cnn(-c2ccccc2)c1)C1CC2CCC(C1)N2C(=O)OCC1c2ccccc2-c2ccccc21. The molecular formula is C32H29N3O3. The van der Waals surface area contributed by atoms with Gasteiger partial charge < -0.3 is 9.64 Å². The fourth-order valence-corrected chi connectivity index (χ4v) is 6.77. The molecule has 2 fully saturated rings. The lowest BCUT2D eigenvalue weighted by Crippen LogP contribution is -2.48. The summed E-state index contributed by atoms with van der Waals surface area (Å²) < 4.78 is 7.73. The molecule has 1 aromatic heterocycles. The van der Waals surface area contributed by atoms with Crippen molar-refractivity contribution in [3.05, 3.63) is 108 Å². The highest BCUT2D eigenvalue weighted by Gasteiger charge is 2.46. The zero-order valence-electron chi connectivity index (χ0n) is 21.1. The maximum Gasteiger partial charge on any atom is 0.410 e. The number of carbonyl (C=O) groups is 2. The summed E-state index contributed by atoms with van der Waals surface area (Å²) in [6.45, 7) is 0.323. The van der Waals surface area contributed by atoms with Gasteiger partial charge in [0.1, 0.15) is 6.61 Å². The van der Waals surface area contributed by atoms with Gasteiger partial charge in [0.05, 0.1) is 17.4 Å². The molecular weight excluding hydrogens is 474 g/mol. The molecule has 6 nitrogen and oxygen atoms in total. The molecule has 1 aliphatic carbocycles. The average molecular weight is 504 g/mol. The molecule has 2 atom stereocenters.